The summed E-state index contributed by atoms with van der Waals surface area (Å²) in [7, 11) is 0. The van der Waals surface area contributed by atoms with Crippen LogP contribution in [0.25, 0.3) is 10.9 Å². The molecule has 2 unspecified atom stereocenters. The quantitative estimate of drug-likeness (QED) is 0.852. The van der Waals surface area contributed by atoms with Gasteiger partial charge in [0.15, 0.2) is 0 Å². The summed E-state index contributed by atoms with van der Waals surface area (Å²) >= 11 is 0. The molecule has 3 nitrogen and oxygen atoms in total. The minimum absolute atomic E-state index is 0.00367. The zero-order valence-electron chi connectivity index (χ0n) is 10.0. The van der Waals surface area contributed by atoms with Gasteiger partial charge in [-0.15, -0.1) is 0 Å². The summed E-state index contributed by atoms with van der Waals surface area (Å²) in [6.07, 6.45) is 0.0246. The maximum absolute atomic E-state index is 10.2. The molecule has 2 aromatic rings. The number of aliphatic hydroxyl groups excluding tert-OH is 2. The highest BCUT2D eigenvalue weighted by Crippen LogP contribution is 2.27. The maximum atomic E-state index is 10.2. The van der Waals surface area contributed by atoms with Gasteiger partial charge in [-0.2, -0.15) is 0 Å². The van der Waals surface area contributed by atoms with Gasteiger partial charge in [0.2, 0.25) is 0 Å². The van der Waals surface area contributed by atoms with Gasteiger partial charge in [0.05, 0.1) is 11.6 Å². The molecule has 2 N–H and O–H groups in total. The molecule has 0 saturated heterocycles. The van der Waals surface area contributed by atoms with E-state index in [4.69, 9.17) is 0 Å². The van der Waals surface area contributed by atoms with Crippen LogP contribution < -0.4 is 0 Å². The maximum Gasteiger partial charge on any atom is 0.107 e. The number of rotatable bonds is 3. The van der Waals surface area contributed by atoms with Gasteiger partial charge in [0.1, 0.15) is 6.10 Å². The van der Waals surface area contributed by atoms with Crippen LogP contribution in [0, 0.1) is 5.92 Å². The number of nitrogens with zero attached hydrogens (tertiary/aromatic N) is 1. The summed E-state index contributed by atoms with van der Waals surface area (Å²) in [6, 6.07) is 9.43. The van der Waals surface area contributed by atoms with Crippen molar-refractivity contribution in [3.8, 4) is 0 Å². The molecule has 1 aromatic heterocycles. The van der Waals surface area contributed by atoms with Crippen molar-refractivity contribution in [3.05, 3.63) is 42.1 Å². The molecule has 0 aliphatic rings. The second kappa shape index (κ2) is 4.82. The van der Waals surface area contributed by atoms with Crippen LogP contribution in [-0.2, 0) is 0 Å². The molecule has 1 aromatic carbocycles. The number of aliphatic hydroxyl groups is 2. The molecule has 0 fully saturated rings. The molecule has 0 aliphatic heterocycles. The van der Waals surface area contributed by atoms with E-state index < -0.39 is 12.2 Å². The van der Waals surface area contributed by atoms with Crippen LogP contribution in [0.1, 0.15) is 25.5 Å². The monoisotopic (exact) mass is 231 g/mol. The molecule has 3 heteroatoms. The third-order valence-corrected chi connectivity index (χ3v) is 2.99. The molecular formula is C14H17NO2. The predicted octanol–water partition coefficient (Wildman–Crippen LogP) is 2.29. The summed E-state index contributed by atoms with van der Waals surface area (Å²) in [5, 5.41) is 21.1. The third kappa shape index (κ3) is 2.30. The molecule has 1 heterocycles. The van der Waals surface area contributed by atoms with Crippen LogP contribution in [-0.4, -0.2) is 21.3 Å². The van der Waals surface area contributed by atoms with Gasteiger partial charge in [-0.25, -0.2) is 0 Å². The predicted molar refractivity (Wildman–Crippen MR) is 67.5 cm³/mol. The summed E-state index contributed by atoms with van der Waals surface area (Å²) < 4.78 is 0. The van der Waals surface area contributed by atoms with Gasteiger partial charge >= 0.3 is 0 Å². The first-order valence-corrected chi connectivity index (χ1v) is 5.81. The second-order valence-electron chi connectivity index (χ2n) is 4.60. The van der Waals surface area contributed by atoms with Crippen LogP contribution >= 0.6 is 0 Å². The molecule has 2 rings (SSSR count). The van der Waals surface area contributed by atoms with Gasteiger partial charge in [-0.3, -0.25) is 4.98 Å². The molecule has 2 atom stereocenters. The number of fused-ring (bicyclic) bond motifs is 1. The van der Waals surface area contributed by atoms with Crippen molar-refractivity contribution in [1.82, 2.24) is 4.98 Å². The van der Waals surface area contributed by atoms with E-state index in [9.17, 15) is 10.2 Å². The lowest BCUT2D eigenvalue weighted by molar-refractivity contribution is -0.00870. The smallest absolute Gasteiger partial charge is 0.107 e. The first kappa shape index (κ1) is 12.0. The number of benzene rings is 1. The van der Waals surface area contributed by atoms with Crippen LogP contribution in [0.5, 0.6) is 0 Å². The Morgan fingerprint density at radius 1 is 1.06 bits per heavy atom. The standard InChI is InChI=1S/C14H17NO2/c1-9(2)13(16)14(17)11-7-3-5-10-6-4-8-15-12(10)11/h3-9,13-14,16-17H,1-2H3. The van der Waals surface area contributed by atoms with Crippen molar-refractivity contribution < 1.29 is 10.2 Å². The molecule has 0 radical (unpaired) electrons. The fourth-order valence-corrected chi connectivity index (χ4v) is 1.92. The highest BCUT2D eigenvalue weighted by atomic mass is 16.3. The van der Waals surface area contributed by atoms with Gasteiger partial charge in [0.25, 0.3) is 0 Å². The minimum atomic E-state index is -0.895. The normalized spacial score (nSPS) is 15.1. The molecule has 17 heavy (non-hydrogen) atoms. The molecule has 0 aliphatic carbocycles. The number of pyridine rings is 1. The first-order valence-electron chi connectivity index (χ1n) is 5.81. The molecule has 0 amide bonds. The van der Waals surface area contributed by atoms with Gasteiger partial charge < -0.3 is 10.2 Å². The zero-order chi connectivity index (χ0) is 12.4. The lowest BCUT2D eigenvalue weighted by Crippen LogP contribution is -2.24. The number of aromatic nitrogens is 1. The second-order valence-corrected chi connectivity index (χ2v) is 4.60. The Labute approximate surface area is 101 Å². The van der Waals surface area contributed by atoms with Crippen LogP contribution in [0.15, 0.2) is 36.5 Å². The van der Waals surface area contributed by atoms with Crippen molar-refractivity contribution in [2.75, 3.05) is 0 Å². The number of hydrogen-bond acceptors (Lipinski definition) is 3. The molecular weight excluding hydrogens is 214 g/mol. The van der Waals surface area contributed by atoms with E-state index in [-0.39, 0.29) is 5.92 Å². The first-order chi connectivity index (χ1) is 8.11. The highest BCUT2D eigenvalue weighted by molar-refractivity contribution is 5.81. The Bertz CT molecular complexity index is 505. The van der Waals surface area contributed by atoms with Gasteiger partial charge in [0, 0.05) is 17.1 Å². The molecule has 0 spiro atoms. The van der Waals surface area contributed by atoms with E-state index in [1.54, 1.807) is 6.20 Å². The Morgan fingerprint density at radius 2 is 1.76 bits per heavy atom. The Morgan fingerprint density at radius 3 is 2.47 bits per heavy atom. The van der Waals surface area contributed by atoms with E-state index in [1.807, 2.05) is 44.2 Å². The molecule has 90 valence electrons. The fourth-order valence-electron chi connectivity index (χ4n) is 1.92. The van der Waals surface area contributed by atoms with Crippen molar-refractivity contribution in [2.24, 2.45) is 5.92 Å². The average molecular weight is 231 g/mol. The third-order valence-electron chi connectivity index (χ3n) is 2.99. The highest BCUT2D eigenvalue weighted by Gasteiger charge is 2.23. The minimum Gasteiger partial charge on any atom is -0.390 e. The largest absolute Gasteiger partial charge is 0.390 e. The summed E-state index contributed by atoms with van der Waals surface area (Å²) in [5.41, 5.74) is 1.44. The Balaban J connectivity index is 2.48. The van der Waals surface area contributed by atoms with E-state index in [0.717, 1.165) is 10.9 Å². The van der Waals surface area contributed by atoms with Gasteiger partial charge in [-0.1, -0.05) is 38.1 Å². The number of para-hydroxylation sites is 1. The lowest BCUT2D eigenvalue weighted by atomic mass is 9.94. The van der Waals surface area contributed by atoms with E-state index >= 15 is 0 Å². The van der Waals surface area contributed by atoms with E-state index in [1.165, 1.54) is 0 Å². The van der Waals surface area contributed by atoms with Crippen molar-refractivity contribution in [2.45, 2.75) is 26.1 Å². The topological polar surface area (TPSA) is 53.4 Å². The Hall–Kier alpha value is -1.45. The van der Waals surface area contributed by atoms with Crippen LogP contribution in [0.2, 0.25) is 0 Å². The SMILES string of the molecule is CC(C)C(O)C(O)c1cccc2cccnc12. The van der Waals surface area contributed by atoms with Crippen molar-refractivity contribution in [1.29, 1.82) is 0 Å². The molecule has 0 saturated carbocycles. The fraction of sp³-hybridized carbons (Fsp3) is 0.357. The van der Waals surface area contributed by atoms with E-state index in [0.29, 0.717) is 5.56 Å². The lowest BCUT2D eigenvalue weighted by Gasteiger charge is -2.22. The van der Waals surface area contributed by atoms with Gasteiger partial charge in [-0.05, 0) is 12.0 Å². The van der Waals surface area contributed by atoms with Crippen LogP contribution in [0.4, 0.5) is 0 Å². The van der Waals surface area contributed by atoms with Crippen molar-refractivity contribution in [3.63, 3.8) is 0 Å². The van der Waals surface area contributed by atoms with Crippen molar-refractivity contribution >= 4 is 10.9 Å². The van der Waals surface area contributed by atoms with Crippen LogP contribution in [0.3, 0.4) is 0 Å². The number of hydrogen-bond donors (Lipinski definition) is 2. The average Bonchev–Trinajstić information content (AvgIpc) is 2.36. The summed E-state index contributed by atoms with van der Waals surface area (Å²) in [4.78, 5) is 4.27. The Kier molecular flexibility index (Phi) is 3.41. The van der Waals surface area contributed by atoms with E-state index in [2.05, 4.69) is 4.98 Å². The summed E-state index contributed by atoms with van der Waals surface area (Å²) in [5.74, 6) is 0.00367. The summed E-state index contributed by atoms with van der Waals surface area (Å²) in [6.45, 7) is 3.76. The molecule has 0 bridgehead atoms. The zero-order valence-corrected chi connectivity index (χ0v) is 10.0.